The molecule has 6 heteroatoms. The van der Waals surface area contributed by atoms with Crippen LogP contribution >= 0.6 is 0 Å². The van der Waals surface area contributed by atoms with E-state index in [1.165, 1.54) is 0 Å². The number of benzene rings is 4. The van der Waals surface area contributed by atoms with E-state index in [9.17, 15) is 9.59 Å². The molecule has 0 atom stereocenters. The Morgan fingerprint density at radius 3 is 2.41 bits per heavy atom. The topological polar surface area (TPSA) is 84.1 Å². The Morgan fingerprint density at radius 1 is 0.794 bits per heavy atom. The third-order valence-corrected chi connectivity index (χ3v) is 5.51. The van der Waals surface area contributed by atoms with Gasteiger partial charge in [0.1, 0.15) is 11.6 Å². The molecule has 0 aliphatic rings. The quantitative estimate of drug-likeness (QED) is 0.326. The summed E-state index contributed by atoms with van der Waals surface area (Å²) in [5.74, 6) is 0.996. The largest absolute Gasteiger partial charge is 0.497 e. The van der Waals surface area contributed by atoms with Gasteiger partial charge in [-0.15, -0.1) is 0 Å². The molecule has 2 N–H and O–H groups in total. The average molecular weight is 447 g/mol. The molecule has 0 bridgehead atoms. The van der Waals surface area contributed by atoms with Crippen molar-refractivity contribution in [3.8, 4) is 17.1 Å². The second-order valence-electron chi connectivity index (χ2n) is 7.78. The third-order valence-electron chi connectivity index (χ3n) is 5.51. The number of carbonyl (C=O) groups is 2. The van der Waals surface area contributed by atoms with Gasteiger partial charge < -0.3 is 15.0 Å². The fraction of sp³-hybridized carbons (Fsp3) is 0.0357. The molecule has 1 aromatic heterocycles. The standard InChI is InChI=1S/C28H21N3O3/c1-34-23-12-6-10-21(16-23)28(33)29-22-11-5-9-20(15-22)27-30-24-14-13-19(17-25(24)31-27)26(32)18-7-3-2-4-8-18/h2-17H,1H3,(H,29,33)(H,30,31). The van der Waals surface area contributed by atoms with Crippen molar-refractivity contribution in [3.63, 3.8) is 0 Å². The van der Waals surface area contributed by atoms with Crippen LogP contribution in [0.25, 0.3) is 22.4 Å². The number of nitrogens with zero attached hydrogens (tertiary/aromatic N) is 1. The molecular weight excluding hydrogens is 426 g/mol. The van der Waals surface area contributed by atoms with Gasteiger partial charge in [0.2, 0.25) is 0 Å². The molecular formula is C28H21N3O3. The molecule has 0 saturated heterocycles. The van der Waals surface area contributed by atoms with E-state index in [1.54, 1.807) is 49.6 Å². The van der Waals surface area contributed by atoms with E-state index < -0.39 is 0 Å². The Hall–Kier alpha value is -4.71. The number of carbonyl (C=O) groups excluding carboxylic acids is 2. The number of ketones is 1. The number of ether oxygens (including phenoxy) is 1. The molecule has 0 aliphatic heterocycles. The van der Waals surface area contributed by atoms with Gasteiger partial charge in [0.15, 0.2) is 5.78 Å². The molecule has 0 spiro atoms. The number of aromatic amines is 1. The van der Waals surface area contributed by atoms with Crippen LogP contribution in [-0.4, -0.2) is 28.8 Å². The van der Waals surface area contributed by atoms with Crippen molar-refractivity contribution in [3.05, 3.63) is 114 Å². The second-order valence-corrected chi connectivity index (χ2v) is 7.78. The number of rotatable bonds is 6. The number of hydrogen-bond acceptors (Lipinski definition) is 4. The predicted molar refractivity (Wildman–Crippen MR) is 132 cm³/mol. The van der Waals surface area contributed by atoms with Gasteiger partial charge in [-0.05, 0) is 48.5 Å². The monoisotopic (exact) mass is 447 g/mol. The zero-order valence-electron chi connectivity index (χ0n) is 18.4. The van der Waals surface area contributed by atoms with Crippen molar-refractivity contribution in [2.24, 2.45) is 0 Å². The Kier molecular flexibility index (Phi) is 5.62. The molecule has 5 aromatic rings. The molecule has 1 heterocycles. The minimum atomic E-state index is -0.232. The van der Waals surface area contributed by atoms with Crippen molar-refractivity contribution < 1.29 is 14.3 Å². The second kappa shape index (κ2) is 9.03. The van der Waals surface area contributed by atoms with Crippen LogP contribution in [0, 0.1) is 0 Å². The van der Waals surface area contributed by atoms with Gasteiger partial charge in [-0.3, -0.25) is 9.59 Å². The average Bonchev–Trinajstić information content (AvgIpc) is 3.32. The Morgan fingerprint density at radius 2 is 1.59 bits per heavy atom. The summed E-state index contributed by atoms with van der Waals surface area (Å²) in [6, 6.07) is 29.0. The van der Waals surface area contributed by atoms with Crippen LogP contribution in [0.2, 0.25) is 0 Å². The smallest absolute Gasteiger partial charge is 0.255 e. The van der Waals surface area contributed by atoms with Crippen molar-refractivity contribution in [1.29, 1.82) is 0 Å². The zero-order valence-corrected chi connectivity index (χ0v) is 18.4. The molecule has 0 radical (unpaired) electrons. The first kappa shape index (κ1) is 21.2. The minimum absolute atomic E-state index is 0.0408. The molecule has 0 fully saturated rings. The first-order chi connectivity index (χ1) is 16.6. The summed E-state index contributed by atoms with van der Waals surface area (Å²) in [5, 5.41) is 2.91. The lowest BCUT2D eigenvalue weighted by molar-refractivity contribution is 0.102. The van der Waals surface area contributed by atoms with Gasteiger partial charge in [-0.1, -0.05) is 48.5 Å². The molecule has 1 amide bonds. The molecule has 0 unspecified atom stereocenters. The van der Waals surface area contributed by atoms with Gasteiger partial charge in [0.25, 0.3) is 5.91 Å². The summed E-state index contributed by atoms with van der Waals surface area (Å²) in [5.41, 5.74) is 4.72. The number of anilines is 1. The summed E-state index contributed by atoms with van der Waals surface area (Å²) >= 11 is 0. The molecule has 5 rings (SSSR count). The number of nitrogens with one attached hydrogen (secondary N) is 2. The van der Waals surface area contributed by atoms with E-state index in [-0.39, 0.29) is 11.7 Å². The molecule has 4 aromatic carbocycles. The number of fused-ring (bicyclic) bond motifs is 1. The first-order valence-corrected chi connectivity index (χ1v) is 10.8. The maximum absolute atomic E-state index is 12.8. The van der Waals surface area contributed by atoms with Crippen molar-refractivity contribution in [1.82, 2.24) is 9.97 Å². The van der Waals surface area contributed by atoms with Crippen LogP contribution < -0.4 is 10.1 Å². The van der Waals surface area contributed by atoms with Gasteiger partial charge in [-0.25, -0.2) is 4.98 Å². The van der Waals surface area contributed by atoms with Crippen LogP contribution in [0.1, 0.15) is 26.3 Å². The first-order valence-electron chi connectivity index (χ1n) is 10.8. The zero-order chi connectivity index (χ0) is 23.5. The number of aromatic nitrogens is 2. The highest BCUT2D eigenvalue weighted by Crippen LogP contribution is 2.25. The summed E-state index contributed by atoms with van der Waals surface area (Å²) in [6.45, 7) is 0. The molecule has 0 aliphatic carbocycles. The highest BCUT2D eigenvalue weighted by atomic mass is 16.5. The Balaban J connectivity index is 1.40. The summed E-state index contributed by atoms with van der Waals surface area (Å²) in [6.07, 6.45) is 0. The number of hydrogen-bond donors (Lipinski definition) is 2. The molecule has 0 saturated carbocycles. The van der Waals surface area contributed by atoms with E-state index in [4.69, 9.17) is 4.74 Å². The van der Waals surface area contributed by atoms with E-state index in [2.05, 4.69) is 15.3 Å². The molecule has 6 nitrogen and oxygen atoms in total. The summed E-state index contributed by atoms with van der Waals surface area (Å²) in [4.78, 5) is 33.4. The maximum Gasteiger partial charge on any atom is 0.255 e. The number of methoxy groups -OCH3 is 1. The normalized spacial score (nSPS) is 10.7. The molecule has 166 valence electrons. The number of H-pyrrole nitrogens is 1. The van der Waals surface area contributed by atoms with Crippen molar-refractivity contribution in [2.45, 2.75) is 0 Å². The van der Waals surface area contributed by atoms with Gasteiger partial charge in [-0.2, -0.15) is 0 Å². The van der Waals surface area contributed by atoms with Gasteiger partial charge in [0.05, 0.1) is 18.1 Å². The third kappa shape index (κ3) is 4.29. The van der Waals surface area contributed by atoms with E-state index in [0.29, 0.717) is 34.0 Å². The van der Waals surface area contributed by atoms with E-state index in [1.807, 2.05) is 54.6 Å². The van der Waals surface area contributed by atoms with E-state index in [0.717, 1.165) is 16.6 Å². The summed E-state index contributed by atoms with van der Waals surface area (Å²) < 4.78 is 5.20. The van der Waals surface area contributed by atoms with Crippen LogP contribution in [0.3, 0.4) is 0 Å². The summed E-state index contributed by atoms with van der Waals surface area (Å²) in [7, 11) is 1.56. The highest BCUT2D eigenvalue weighted by Gasteiger charge is 2.13. The minimum Gasteiger partial charge on any atom is -0.497 e. The Bertz CT molecular complexity index is 1510. The lowest BCUT2D eigenvalue weighted by atomic mass is 10.0. The van der Waals surface area contributed by atoms with E-state index >= 15 is 0 Å². The Labute approximate surface area is 196 Å². The van der Waals surface area contributed by atoms with Gasteiger partial charge >= 0.3 is 0 Å². The predicted octanol–water partition coefficient (Wildman–Crippen LogP) is 5.72. The lowest BCUT2D eigenvalue weighted by Crippen LogP contribution is -2.11. The number of amides is 1. The maximum atomic E-state index is 12.8. The van der Waals surface area contributed by atoms with Crippen molar-refractivity contribution >= 4 is 28.4 Å². The fourth-order valence-electron chi connectivity index (χ4n) is 3.76. The van der Waals surface area contributed by atoms with Crippen LogP contribution in [0.15, 0.2) is 97.1 Å². The van der Waals surface area contributed by atoms with Crippen LogP contribution in [0.5, 0.6) is 5.75 Å². The van der Waals surface area contributed by atoms with Crippen LogP contribution in [0.4, 0.5) is 5.69 Å². The van der Waals surface area contributed by atoms with Crippen molar-refractivity contribution in [2.75, 3.05) is 12.4 Å². The lowest BCUT2D eigenvalue weighted by Gasteiger charge is -2.08. The van der Waals surface area contributed by atoms with Crippen LogP contribution in [-0.2, 0) is 0 Å². The van der Waals surface area contributed by atoms with Gasteiger partial charge in [0, 0.05) is 27.9 Å². The number of imidazole rings is 1. The SMILES string of the molecule is COc1cccc(C(=O)Nc2cccc(-c3nc4ccc(C(=O)c5ccccc5)cc4[nH]3)c2)c1. The highest BCUT2D eigenvalue weighted by molar-refractivity contribution is 6.10. The molecule has 34 heavy (non-hydrogen) atoms. The fourth-order valence-corrected chi connectivity index (χ4v) is 3.76.